The highest BCUT2D eigenvalue weighted by atomic mass is 16.5. The summed E-state index contributed by atoms with van der Waals surface area (Å²) in [5.41, 5.74) is 0. The average Bonchev–Trinajstić information content (AvgIpc) is 3.27. The van der Waals surface area contributed by atoms with Crippen molar-refractivity contribution in [3.63, 3.8) is 0 Å². The van der Waals surface area contributed by atoms with Crippen molar-refractivity contribution < 1.29 is 14.3 Å². The highest BCUT2D eigenvalue weighted by Gasteiger charge is 2.19. The van der Waals surface area contributed by atoms with E-state index >= 15 is 0 Å². The zero-order chi connectivity index (χ0) is 18.6. The molecule has 0 aromatic heterocycles. The van der Waals surface area contributed by atoms with Crippen LogP contribution in [0.2, 0.25) is 0 Å². The van der Waals surface area contributed by atoms with Crippen molar-refractivity contribution in [1.29, 1.82) is 0 Å². The van der Waals surface area contributed by atoms with Gasteiger partial charge < -0.3 is 20.3 Å². The number of nitrogens with one attached hydrogen (secondary N) is 2. The van der Waals surface area contributed by atoms with Crippen molar-refractivity contribution in [2.45, 2.75) is 70.8 Å². The first-order valence-electron chi connectivity index (χ1n) is 10.2. The van der Waals surface area contributed by atoms with Crippen LogP contribution >= 0.6 is 0 Å². The lowest BCUT2D eigenvalue weighted by Crippen LogP contribution is -2.38. The molecule has 2 aliphatic rings. The van der Waals surface area contributed by atoms with Crippen molar-refractivity contribution in [2.75, 3.05) is 32.7 Å². The monoisotopic (exact) mass is 366 g/mol. The van der Waals surface area contributed by atoms with Crippen molar-refractivity contribution in [3.05, 3.63) is 0 Å². The quantitative estimate of drug-likeness (QED) is 0.267. The summed E-state index contributed by atoms with van der Waals surface area (Å²) < 4.78 is 5.46. The molecule has 7 nitrogen and oxygen atoms in total. The fraction of sp³-hybridized carbons (Fsp3) is 0.842. The number of carbonyl (C=O) groups is 2. The van der Waals surface area contributed by atoms with Gasteiger partial charge in [-0.05, 0) is 51.9 Å². The molecule has 0 aromatic carbocycles. The molecule has 2 N–H and O–H groups in total. The Bertz CT molecular complexity index is 475. The largest absolute Gasteiger partial charge is 0.462 e. The number of hydrogen-bond donors (Lipinski definition) is 2. The number of likely N-dealkylation sites (tertiary alicyclic amines) is 1. The Balaban J connectivity index is 1.57. The van der Waals surface area contributed by atoms with Crippen LogP contribution in [0, 0.1) is 0 Å². The Morgan fingerprint density at radius 3 is 2.73 bits per heavy atom. The van der Waals surface area contributed by atoms with E-state index in [0.29, 0.717) is 25.9 Å². The van der Waals surface area contributed by atoms with Gasteiger partial charge in [0.15, 0.2) is 5.96 Å². The second-order valence-electron chi connectivity index (χ2n) is 7.03. The number of rotatable bonds is 10. The minimum atomic E-state index is -0.0871. The first kappa shape index (κ1) is 20.5. The predicted octanol–water partition coefficient (Wildman–Crippen LogP) is 1.82. The standard InChI is InChI=1S/C19H34N4O3/c1-2-20-19(22-13-7-15-23-14-6-10-17(23)24)21-12-5-11-18(25)26-16-8-3-4-9-16/h16H,2-15H2,1H3,(H2,20,21,22). The maximum Gasteiger partial charge on any atom is 0.306 e. The molecule has 0 spiro atoms. The Labute approximate surface area is 156 Å². The molecule has 1 aliphatic heterocycles. The first-order chi connectivity index (χ1) is 12.7. The van der Waals surface area contributed by atoms with Gasteiger partial charge in [-0.1, -0.05) is 0 Å². The molecule has 0 radical (unpaired) electrons. The Morgan fingerprint density at radius 1 is 1.23 bits per heavy atom. The van der Waals surface area contributed by atoms with E-state index in [4.69, 9.17) is 4.74 Å². The van der Waals surface area contributed by atoms with Gasteiger partial charge >= 0.3 is 5.97 Å². The van der Waals surface area contributed by atoms with Crippen LogP contribution in [-0.4, -0.2) is 61.6 Å². The molecule has 0 aromatic rings. The van der Waals surface area contributed by atoms with Crippen LogP contribution in [0.3, 0.4) is 0 Å². The fourth-order valence-corrected chi connectivity index (χ4v) is 3.43. The molecular formula is C19H34N4O3. The molecule has 1 amide bonds. The lowest BCUT2D eigenvalue weighted by molar-refractivity contribution is -0.148. The molecule has 7 heteroatoms. The van der Waals surface area contributed by atoms with E-state index in [0.717, 1.165) is 57.7 Å². The van der Waals surface area contributed by atoms with Gasteiger partial charge in [-0.2, -0.15) is 0 Å². The minimum Gasteiger partial charge on any atom is -0.462 e. The molecule has 148 valence electrons. The maximum absolute atomic E-state index is 11.8. The molecule has 0 atom stereocenters. The summed E-state index contributed by atoms with van der Waals surface area (Å²) in [7, 11) is 0. The number of ether oxygens (including phenoxy) is 1. The molecule has 26 heavy (non-hydrogen) atoms. The lowest BCUT2D eigenvalue weighted by atomic mass is 10.3. The average molecular weight is 367 g/mol. The normalized spacial score (nSPS) is 18.4. The smallest absolute Gasteiger partial charge is 0.306 e. The van der Waals surface area contributed by atoms with E-state index in [1.54, 1.807) is 0 Å². The molecule has 0 unspecified atom stereocenters. The second kappa shape index (κ2) is 11.8. The molecule has 1 saturated carbocycles. The van der Waals surface area contributed by atoms with Crippen LogP contribution in [0.1, 0.15) is 64.7 Å². The van der Waals surface area contributed by atoms with Gasteiger partial charge in [0.1, 0.15) is 6.10 Å². The maximum atomic E-state index is 11.8. The summed E-state index contributed by atoms with van der Waals surface area (Å²) in [6.07, 6.45) is 8.26. The molecule has 1 aliphatic carbocycles. The Hall–Kier alpha value is -1.79. The number of aliphatic imine (C=N–C) groups is 1. The van der Waals surface area contributed by atoms with Crippen LogP contribution in [0.5, 0.6) is 0 Å². The van der Waals surface area contributed by atoms with Crippen molar-refractivity contribution in [2.24, 2.45) is 4.99 Å². The summed E-state index contributed by atoms with van der Waals surface area (Å²) in [5.74, 6) is 0.948. The molecule has 0 bridgehead atoms. The third kappa shape index (κ3) is 7.62. The lowest BCUT2D eigenvalue weighted by Gasteiger charge is -2.15. The fourth-order valence-electron chi connectivity index (χ4n) is 3.43. The number of amides is 1. The summed E-state index contributed by atoms with van der Waals surface area (Å²) in [6.45, 7) is 5.87. The van der Waals surface area contributed by atoms with E-state index in [2.05, 4.69) is 15.6 Å². The topological polar surface area (TPSA) is 83.0 Å². The number of nitrogens with zero attached hydrogens (tertiary/aromatic N) is 2. The van der Waals surface area contributed by atoms with Crippen LogP contribution in [0.25, 0.3) is 0 Å². The van der Waals surface area contributed by atoms with Gasteiger partial charge in [0, 0.05) is 45.6 Å². The number of carbonyl (C=O) groups excluding carboxylic acids is 2. The van der Waals surface area contributed by atoms with Crippen LogP contribution < -0.4 is 10.6 Å². The van der Waals surface area contributed by atoms with Crippen molar-refractivity contribution in [1.82, 2.24) is 15.5 Å². The van der Waals surface area contributed by atoms with E-state index in [1.807, 2.05) is 11.8 Å². The van der Waals surface area contributed by atoms with E-state index in [-0.39, 0.29) is 18.0 Å². The highest BCUT2D eigenvalue weighted by Crippen LogP contribution is 2.21. The van der Waals surface area contributed by atoms with Crippen LogP contribution in [-0.2, 0) is 14.3 Å². The van der Waals surface area contributed by atoms with Gasteiger partial charge in [-0.3, -0.25) is 14.6 Å². The van der Waals surface area contributed by atoms with Gasteiger partial charge in [0.2, 0.25) is 5.91 Å². The highest BCUT2D eigenvalue weighted by molar-refractivity contribution is 5.80. The summed E-state index contributed by atoms with van der Waals surface area (Å²) >= 11 is 0. The van der Waals surface area contributed by atoms with Gasteiger partial charge in [-0.25, -0.2) is 0 Å². The zero-order valence-electron chi connectivity index (χ0n) is 16.1. The Kier molecular flexibility index (Phi) is 9.28. The number of esters is 1. The van der Waals surface area contributed by atoms with E-state index in [1.165, 1.54) is 12.8 Å². The summed E-state index contributed by atoms with van der Waals surface area (Å²) in [4.78, 5) is 29.8. The number of hydrogen-bond acceptors (Lipinski definition) is 4. The molecule has 1 saturated heterocycles. The van der Waals surface area contributed by atoms with Crippen molar-refractivity contribution >= 4 is 17.8 Å². The Morgan fingerprint density at radius 2 is 2.04 bits per heavy atom. The number of guanidine groups is 1. The predicted molar refractivity (Wildman–Crippen MR) is 102 cm³/mol. The molecule has 2 rings (SSSR count). The van der Waals surface area contributed by atoms with E-state index < -0.39 is 0 Å². The molecule has 2 fully saturated rings. The van der Waals surface area contributed by atoms with E-state index in [9.17, 15) is 9.59 Å². The third-order valence-corrected chi connectivity index (χ3v) is 4.82. The van der Waals surface area contributed by atoms with Crippen LogP contribution in [0.4, 0.5) is 0 Å². The zero-order valence-corrected chi connectivity index (χ0v) is 16.1. The summed E-state index contributed by atoms with van der Waals surface area (Å²) in [6, 6.07) is 0. The van der Waals surface area contributed by atoms with Gasteiger partial charge in [0.25, 0.3) is 0 Å². The van der Waals surface area contributed by atoms with Gasteiger partial charge in [-0.15, -0.1) is 0 Å². The molecule has 1 heterocycles. The van der Waals surface area contributed by atoms with Crippen molar-refractivity contribution in [3.8, 4) is 0 Å². The second-order valence-corrected chi connectivity index (χ2v) is 7.03. The minimum absolute atomic E-state index is 0.0871. The SMILES string of the molecule is CCNC(=NCCCN1CCCC1=O)NCCCC(=O)OC1CCCC1. The van der Waals surface area contributed by atoms with Gasteiger partial charge in [0.05, 0.1) is 0 Å². The third-order valence-electron chi connectivity index (χ3n) is 4.82. The summed E-state index contributed by atoms with van der Waals surface area (Å²) in [5, 5.41) is 6.47. The van der Waals surface area contributed by atoms with Crippen LogP contribution in [0.15, 0.2) is 4.99 Å². The molecular weight excluding hydrogens is 332 g/mol. The first-order valence-corrected chi connectivity index (χ1v) is 10.2.